The molecule has 0 aromatic heterocycles. The van der Waals surface area contributed by atoms with Crippen molar-refractivity contribution < 1.29 is 19.4 Å². The van der Waals surface area contributed by atoms with E-state index in [0.717, 1.165) is 0 Å². The summed E-state index contributed by atoms with van der Waals surface area (Å²) in [5.41, 5.74) is 1.18. The molecule has 1 aromatic rings. The first kappa shape index (κ1) is 17.0. The van der Waals surface area contributed by atoms with E-state index in [4.69, 9.17) is 4.74 Å². The van der Waals surface area contributed by atoms with E-state index in [-0.39, 0.29) is 12.5 Å². The fourth-order valence-electron chi connectivity index (χ4n) is 1.81. The van der Waals surface area contributed by atoms with Gasteiger partial charge in [-0.25, -0.2) is 0 Å². The Kier molecular flexibility index (Phi) is 6.21. The summed E-state index contributed by atoms with van der Waals surface area (Å²) in [6.45, 7) is 7.36. The van der Waals surface area contributed by atoms with Crippen LogP contribution in [0.4, 0.5) is 0 Å². The molecule has 0 saturated heterocycles. The largest absolute Gasteiger partial charge is 0.548 e. The van der Waals surface area contributed by atoms with Crippen LogP contribution in [0.1, 0.15) is 39.2 Å². The molecule has 1 aromatic carbocycles. The number of carbonyl (C=O) groups is 2. The maximum atomic E-state index is 11.7. The minimum Gasteiger partial charge on any atom is -0.548 e. The Morgan fingerprint density at radius 3 is 2.14 bits per heavy atom. The topological polar surface area (TPSA) is 78.5 Å². The van der Waals surface area contributed by atoms with Crippen LogP contribution in [0.15, 0.2) is 24.3 Å². The number of carboxylic acid groups (broad SMARTS) is 1. The zero-order valence-electron chi connectivity index (χ0n) is 12.9. The van der Waals surface area contributed by atoms with Gasteiger partial charge in [-0.1, -0.05) is 39.8 Å². The molecule has 1 N–H and O–H groups in total. The minimum absolute atomic E-state index is 0.225. The van der Waals surface area contributed by atoms with Gasteiger partial charge in [-0.05, 0) is 29.5 Å². The fraction of sp³-hybridized carbons (Fsp3) is 0.500. The number of hydrogen-bond acceptors (Lipinski definition) is 4. The van der Waals surface area contributed by atoms with Crippen LogP contribution >= 0.6 is 0 Å². The van der Waals surface area contributed by atoms with Crippen LogP contribution in [0.3, 0.4) is 0 Å². The first-order valence-electron chi connectivity index (χ1n) is 7.04. The minimum atomic E-state index is -1.29. The smallest absolute Gasteiger partial charge is 0.258 e. The summed E-state index contributed by atoms with van der Waals surface area (Å²) in [7, 11) is 0. The summed E-state index contributed by atoms with van der Waals surface area (Å²) < 4.78 is 5.34. The van der Waals surface area contributed by atoms with Gasteiger partial charge in [0, 0.05) is 0 Å². The van der Waals surface area contributed by atoms with Crippen molar-refractivity contribution in [3.63, 3.8) is 0 Å². The molecule has 0 aliphatic heterocycles. The molecule has 1 atom stereocenters. The molecule has 0 heterocycles. The molecule has 1 rings (SSSR count). The van der Waals surface area contributed by atoms with Gasteiger partial charge < -0.3 is 20.0 Å². The number of amides is 1. The van der Waals surface area contributed by atoms with E-state index >= 15 is 0 Å². The fourth-order valence-corrected chi connectivity index (χ4v) is 1.81. The van der Waals surface area contributed by atoms with Crippen LogP contribution in [-0.2, 0) is 9.59 Å². The molecular weight excluding hydrogens is 270 g/mol. The van der Waals surface area contributed by atoms with Gasteiger partial charge in [0.15, 0.2) is 6.61 Å². The average Bonchev–Trinajstić information content (AvgIpc) is 2.42. The molecule has 5 nitrogen and oxygen atoms in total. The average molecular weight is 292 g/mol. The monoisotopic (exact) mass is 292 g/mol. The number of ether oxygens (including phenoxy) is 1. The summed E-state index contributed by atoms with van der Waals surface area (Å²) in [6.07, 6.45) is 0. The van der Waals surface area contributed by atoms with E-state index in [2.05, 4.69) is 19.2 Å². The van der Waals surface area contributed by atoms with E-state index in [9.17, 15) is 14.7 Å². The lowest BCUT2D eigenvalue weighted by atomic mass is 10.0. The summed E-state index contributed by atoms with van der Waals surface area (Å²) in [5, 5.41) is 13.3. The SMILES string of the molecule is CC(C)c1ccc(OCC(=O)N[C@H](C(=O)[O-])C(C)C)cc1. The van der Waals surface area contributed by atoms with E-state index in [1.54, 1.807) is 26.0 Å². The molecule has 21 heavy (non-hydrogen) atoms. The molecule has 0 unspecified atom stereocenters. The van der Waals surface area contributed by atoms with E-state index in [1.807, 2.05) is 12.1 Å². The normalized spacial score (nSPS) is 12.3. The molecule has 0 aliphatic rings. The van der Waals surface area contributed by atoms with Crippen molar-refractivity contribution in [3.8, 4) is 5.75 Å². The van der Waals surface area contributed by atoms with Gasteiger partial charge in [0.2, 0.25) is 0 Å². The van der Waals surface area contributed by atoms with Crippen molar-refractivity contribution in [1.82, 2.24) is 5.32 Å². The highest BCUT2D eigenvalue weighted by Gasteiger charge is 2.17. The maximum Gasteiger partial charge on any atom is 0.258 e. The van der Waals surface area contributed by atoms with Crippen LogP contribution in [0.25, 0.3) is 0 Å². The van der Waals surface area contributed by atoms with Gasteiger partial charge >= 0.3 is 0 Å². The zero-order chi connectivity index (χ0) is 16.0. The molecule has 0 aliphatic carbocycles. The summed E-state index contributed by atoms with van der Waals surface area (Å²) in [6, 6.07) is 6.46. The van der Waals surface area contributed by atoms with Crippen molar-refractivity contribution in [2.45, 2.75) is 39.7 Å². The third kappa shape index (κ3) is 5.45. The van der Waals surface area contributed by atoms with E-state index in [1.165, 1.54) is 5.56 Å². The number of carboxylic acids is 1. The second-order valence-electron chi connectivity index (χ2n) is 5.62. The Labute approximate surface area is 125 Å². The number of carbonyl (C=O) groups excluding carboxylic acids is 2. The van der Waals surface area contributed by atoms with Crippen LogP contribution in [0.5, 0.6) is 5.75 Å². The molecule has 0 saturated carbocycles. The Morgan fingerprint density at radius 1 is 1.14 bits per heavy atom. The lowest BCUT2D eigenvalue weighted by Crippen LogP contribution is -2.51. The van der Waals surface area contributed by atoms with Gasteiger partial charge in [-0.15, -0.1) is 0 Å². The van der Waals surface area contributed by atoms with Gasteiger partial charge in [-0.2, -0.15) is 0 Å². The predicted octanol–water partition coefficient (Wildman–Crippen LogP) is 1.08. The van der Waals surface area contributed by atoms with E-state index in [0.29, 0.717) is 11.7 Å². The lowest BCUT2D eigenvalue weighted by molar-refractivity contribution is -0.309. The number of nitrogens with one attached hydrogen (secondary N) is 1. The summed E-state index contributed by atoms with van der Waals surface area (Å²) >= 11 is 0. The maximum absolute atomic E-state index is 11.7. The van der Waals surface area contributed by atoms with Gasteiger partial charge in [0.1, 0.15) is 5.75 Å². The quantitative estimate of drug-likeness (QED) is 0.815. The molecule has 0 bridgehead atoms. The van der Waals surface area contributed by atoms with Crippen molar-refractivity contribution in [3.05, 3.63) is 29.8 Å². The molecular formula is C16H22NO4-. The van der Waals surface area contributed by atoms with Crippen LogP contribution in [0, 0.1) is 5.92 Å². The summed E-state index contributed by atoms with van der Waals surface area (Å²) in [4.78, 5) is 22.6. The lowest BCUT2D eigenvalue weighted by Gasteiger charge is -2.23. The van der Waals surface area contributed by atoms with Crippen LogP contribution in [-0.4, -0.2) is 24.5 Å². The van der Waals surface area contributed by atoms with Crippen LogP contribution in [0.2, 0.25) is 0 Å². The van der Waals surface area contributed by atoms with E-state index < -0.39 is 17.9 Å². The predicted molar refractivity (Wildman–Crippen MR) is 77.8 cm³/mol. The highest BCUT2D eigenvalue weighted by Crippen LogP contribution is 2.18. The molecule has 0 radical (unpaired) electrons. The first-order chi connectivity index (χ1) is 9.81. The molecule has 5 heteroatoms. The molecule has 116 valence electrons. The number of hydrogen-bond donors (Lipinski definition) is 1. The first-order valence-corrected chi connectivity index (χ1v) is 7.04. The standard InChI is InChI=1S/C16H23NO4/c1-10(2)12-5-7-13(8-6-12)21-9-14(18)17-15(11(3)4)16(19)20/h5-8,10-11,15H,9H2,1-4H3,(H,17,18)(H,19,20)/p-1/t15-/m0/s1. The second-order valence-corrected chi connectivity index (χ2v) is 5.62. The Hall–Kier alpha value is -2.04. The summed E-state index contributed by atoms with van der Waals surface area (Å²) in [5.74, 6) is -1.02. The van der Waals surface area contributed by atoms with Gasteiger partial charge in [-0.3, -0.25) is 4.79 Å². The van der Waals surface area contributed by atoms with Crippen molar-refractivity contribution >= 4 is 11.9 Å². The molecule has 0 spiro atoms. The number of aliphatic carboxylic acids is 1. The Bertz CT molecular complexity index is 480. The van der Waals surface area contributed by atoms with Crippen molar-refractivity contribution in [1.29, 1.82) is 0 Å². The zero-order valence-corrected chi connectivity index (χ0v) is 12.9. The number of benzene rings is 1. The highest BCUT2D eigenvalue weighted by atomic mass is 16.5. The third-order valence-corrected chi connectivity index (χ3v) is 3.15. The molecule has 1 amide bonds. The molecule has 0 fully saturated rings. The Morgan fingerprint density at radius 2 is 1.71 bits per heavy atom. The van der Waals surface area contributed by atoms with Gasteiger partial charge in [0.05, 0.1) is 12.0 Å². The van der Waals surface area contributed by atoms with Gasteiger partial charge in [0.25, 0.3) is 5.91 Å². The van der Waals surface area contributed by atoms with Crippen molar-refractivity contribution in [2.75, 3.05) is 6.61 Å². The van der Waals surface area contributed by atoms with Crippen molar-refractivity contribution in [2.24, 2.45) is 5.92 Å². The number of rotatable bonds is 7. The van der Waals surface area contributed by atoms with Crippen LogP contribution < -0.4 is 15.2 Å². The highest BCUT2D eigenvalue weighted by molar-refractivity contribution is 5.83. The second kappa shape index (κ2) is 7.67. The Balaban J connectivity index is 2.51. The third-order valence-electron chi connectivity index (χ3n) is 3.15.